The van der Waals surface area contributed by atoms with Crippen molar-refractivity contribution in [3.63, 3.8) is 0 Å². The zero-order valence-electron chi connectivity index (χ0n) is 8.77. The van der Waals surface area contributed by atoms with Gasteiger partial charge < -0.3 is 9.47 Å². The molecule has 1 aliphatic rings. The second kappa shape index (κ2) is 4.93. The smallest absolute Gasteiger partial charge is 0.351 e. The van der Waals surface area contributed by atoms with Gasteiger partial charge in [-0.1, -0.05) is 12.2 Å². The Bertz CT molecular complexity index is 372. The first kappa shape index (κ1) is 11.7. The summed E-state index contributed by atoms with van der Waals surface area (Å²) >= 11 is 0. The predicted molar refractivity (Wildman–Crippen MR) is 59.5 cm³/mol. The summed E-state index contributed by atoms with van der Waals surface area (Å²) in [4.78, 5) is 23.9. The molecule has 0 fully saturated rings. The van der Waals surface area contributed by atoms with Crippen LogP contribution in [0.1, 0.15) is 6.92 Å². The summed E-state index contributed by atoms with van der Waals surface area (Å²) < 4.78 is 9.13. The van der Waals surface area contributed by atoms with E-state index in [0.29, 0.717) is 0 Å². The molecule has 1 aliphatic heterocycles. The molecule has 0 aromatic rings. The van der Waals surface area contributed by atoms with E-state index in [9.17, 15) is 9.59 Å². The van der Waals surface area contributed by atoms with Crippen LogP contribution >= 0.6 is 10.5 Å². The van der Waals surface area contributed by atoms with Crippen LogP contribution in [0, 0.1) is 0 Å². The van der Waals surface area contributed by atoms with Gasteiger partial charge in [0.25, 0.3) is 0 Å². The molecule has 4 nitrogen and oxygen atoms in total. The molecule has 0 aromatic carbocycles. The van der Waals surface area contributed by atoms with Gasteiger partial charge in [0.05, 0.1) is 14.2 Å². The third-order valence-corrected chi connectivity index (χ3v) is 3.89. The molecule has 1 heterocycles. The second-order valence-electron chi connectivity index (χ2n) is 2.76. The van der Waals surface area contributed by atoms with Crippen molar-refractivity contribution in [2.75, 3.05) is 14.2 Å². The monoisotopic (exact) mass is 228 g/mol. The van der Waals surface area contributed by atoms with E-state index >= 15 is 0 Å². The molecule has 0 spiro atoms. The maximum absolute atomic E-state index is 11.4. The van der Waals surface area contributed by atoms with E-state index in [1.165, 1.54) is 14.2 Å². The summed E-state index contributed by atoms with van der Waals surface area (Å²) in [6.45, 7) is 1.86. The molecule has 5 heteroatoms. The van der Waals surface area contributed by atoms with Crippen LogP contribution in [0.25, 0.3) is 0 Å². The van der Waals surface area contributed by atoms with Gasteiger partial charge in [0.2, 0.25) is 0 Å². The maximum Gasteiger partial charge on any atom is 0.351 e. The number of ether oxygens (including phenoxy) is 2. The van der Waals surface area contributed by atoms with E-state index in [4.69, 9.17) is 0 Å². The maximum atomic E-state index is 11.4. The van der Waals surface area contributed by atoms with Gasteiger partial charge in [-0.2, -0.15) is 0 Å². The Balaban J connectivity index is 3.22. The van der Waals surface area contributed by atoms with Gasteiger partial charge in [-0.15, -0.1) is 10.5 Å². The van der Waals surface area contributed by atoms with Gasteiger partial charge in [-0.3, -0.25) is 0 Å². The van der Waals surface area contributed by atoms with E-state index in [-0.39, 0.29) is 4.86 Å². The summed E-state index contributed by atoms with van der Waals surface area (Å²) in [5, 5.41) is 1.79. The lowest BCUT2D eigenvalue weighted by Gasteiger charge is -2.08. The van der Waals surface area contributed by atoms with Gasteiger partial charge in [-0.05, 0) is 17.2 Å². The van der Waals surface area contributed by atoms with E-state index in [1.807, 2.05) is 19.1 Å². The molecule has 15 heavy (non-hydrogen) atoms. The molecular weight excluding hydrogens is 216 g/mol. The van der Waals surface area contributed by atoms with Crippen LogP contribution in [-0.4, -0.2) is 31.0 Å². The minimum Gasteiger partial charge on any atom is -0.465 e. The van der Waals surface area contributed by atoms with Crippen LogP contribution in [0.2, 0.25) is 0 Å². The molecular formula is C10H12O4S. The highest BCUT2D eigenvalue weighted by atomic mass is 32.2. The molecule has 0 saturated heterocycles. The standard InChI is InChI=1S/C10H12O4S/c1-7-5-4-6-15(7)8(9(11)13-2)10(12)14-3/h4-6H,1-3H3. The van der Waals surface area contributed by atoms with Gasteiger partial charge in [0.15, 0.2) is 4.86 Å². The quantitative estimate of drug-likeness (QED) is 0.405. The fourth-order valence-electron chi connectivity index (χ4n) is 1.11. The van der Waals surface area contributed by atoms with Gasteiger partial charge in [-0.25, -0.2) is 9.59 Å². The Morgan fingerprint density at radius 3 is 2.07 bits per heavy atom. The Labute approximate surface area is 90.5 Å². The number of carbonyl (C=O) groups excluding carboxylic acids is 2. The Morgan fingerprint density at radius 1 is 1.20 bits per heavy atom. The molecule has 0 amide bonds. The SMILES string of the molecule is COC(=O)C(C(=O)OC)=S1C=CC=C1C. The minimum absolute atomic E-state index is 0.0440. The first-order chi connectivity index (χ1) is 7.11. The van der Waals surface area contributed by atoms with E-state index in [2.05, 4.69) is 9.47 Å². The van der Waals surface area contributed by atoms with Gasteiger partial charge in [0, 0.05) is 0 Å². The third-order valence-electron chi connectivity index (χ3n) is 1.85. The molecule has 82 valence electrons. The largest absolute Gasteiger partial charge is 0.465 e. The molecule has 0 saturated carbocycles. The third kappa shape index (κ3) is 2.36. The highest BCUT2D eigenvalue weighted by Gasteiger charge is 2.24. The highest BCUT2D eigenvalue weighted by Crippen LogP contribution is 2.33. The first-order valence-corrected chi connectivity index (χ1v) is 5.52. The van der Waals surface area contributed by atoms with Crippen LogP contribution in [-0.2, 0) is 19.1 Å². The number of methoxy groups -OCH3 is 2. The first-order valence-electron chi connectivity index (χ1n) is 4.23. The van der Waals surface area contributed by atoms with E-state index < -0.39 is 22.4 Å². The molecule has 0 aliphatic carbocycles. The summed E-state index contributed by atoms with van der Waals surface area (Å²) in [6.07, 6.45) is 3.67. The molecule has 1 rings (SSSR count). The van der Waals surface area contributed by atoms with Crippen LogP contribution in [0.3, 0.4) is 0 Å². The summed E-state index contributed by atoms with van der Waals surface area (Å²) in [6, 6.07) is 0. The zero-order valence-corrected chi connectivity index (χ0v) is 9.59. The summed E-state index contributed by atoms with van der Waals surface area (Å²) in [5.74, 6) is -1.27. The lowest BCUT2D eigenvalue weighted by Crippen LogP contribution is -2.26. The van der Waals surface area contributed by atoms with Crippen LogP contribution < -0.4 is 0 Å². The molecule has 0 aromatic heterocycles. The van der Waals surface area contributed by atoms with E-state index in [1.54, 1.807) is 5.41 Å². The highest BCUT2D eigenvalue weighted by molar-refractivity contribution is 8.23. The van der Waals surface area contributed by atoms with Gasteiger partial charge in [0.1, 0.15) is 0 Å². The zero-order chi connectivity index (χ0) is 11.4. The number of esters is 2. The summed E-state index contributed by atoms with van der Waals surface area (Å²) in [5.41, 5.74) is 0. The minimum atomic E-state index is -0.635. The Morgan fingerprint density at radius 2 is 1.73 bits per heavy atom. The number of hydrogen-bond donors (Lipinski definition) is 0. The van der Waals surface area contributed by atoms with Crippen LogP contribution in [0.15, 0.2) is 22.5 Å². The van der Waals surface area contributed by atoms with Crippen molar-refractivity contribution in [1.82, 2.24) is 0 Å². The average molecular weight is 228 g/mol. The van der Waals surface area contributed by atoms with Crippen molar-refractivity contribution >= 4 is 27.3 Å². The number of hydrogen-bond acceptors (Lipinski definition) is 4. The summed E-state index contributed by atoms with van der Waals surface area (Å²) in [7, 11) is 1.87. The number of allylic oxidation sites excluding steroid dienone is 3. The van der Waals surface area contributed by atoms with E-state index in [0.717, 1.165) is 4.91 Å². The number of rotatable bonds is 2. The predicted octanol–water partition coefficient (Wildman–Crippen LogP) is 1.20. The number of carbonyl (C=O) groups is 2. The van der Waals surface area contributed by atoms with Gasteiger partial charge >= 0.3 is 11.9 Å². The fraction of sp³-hybridized carbons (Fsp3) is 0.300. The van der Waals surface area contributed by atoms with Crippen LogP contribution in [0.4, 0.5) is 0 Å². The average Bonchev–Trinajstić information content (AvgIpc) is 2.64. The second-order valence-corrected chi connectivity index (χ2v) is 4.76. The topological polar surface area (TPSA) is 52.6 Å². The molecule has 0 bridgehead atoms. The Hall–Kier alpha value is -1.36. The van der Waals surface area contributed by atoms with Crippen molar-refractivity contribution in [2.24, 2.45) is 0 Å². The normalized spacial score (nSPS) is 18.3. The molecule has 1 atom stereocenters. The fourth-order valence-corrected chi connectivity index (χ4v) is 2.77. The lowest BCUT2D eigenvalue weighted by atomic mass is 10.4. The molecule has 0 N–H and O–H groups in total. The van der Waals surface area contributed by atoms with Crippen LogP contribution in [0.5, 0.6) is 0 Å². The van der Waals surface area contributed by atoms with Crippen molar-refractivity contribution in [2.45, 2.75) is 6.92 Å². The van der Waals surface area contributed by atoms with Crippen molar-refractivity contribution < 1.29 is 19.1 Å². The van der Waals surface area contributed by atoms with Crippen molar-refractivity contribution in [1.29, 1.82) is 0 Å². The molecule has 1 unspecified atom stereocenters. The van der Waals surface area contributed by atoms with Crippen molar-refractivity contribution in [3.05, 3.63) is 22.5 Å². The lowest BCUT2D eigenvalue weighted by molar-refractivity contribution is -0.137. The Kier molecular flexibility index (Phi) is 3.85. The molecule has 0 radical (unpaired) electrons. The van der Waals surface area contributed by atoms with Crippen molar-refractivity contribution in [3.8, 4) is 0 Å².